The van der Waals surface area contributed by atoms with Crippen molar-refractivity contribution in [3.05, 3.63) is 38.8 Å². The smallest absolute Gasteiger partial charge is 0.403 e. The molecule has 0 aliphatic carbocycles. The zero-order valence-corrected chi connectivity index (χ0v) is 5.71. The van der Waals surface area contributed by atoms with Crippen LogP contribution in [0, 0.1) is 0 Å². The molecule has 0 fully saturated rings. The van der Waals surface area contributed by atoms with Crippen molar-refractivity contribution in [1.82, 2.24) is 0 Å². The Kier molecular flexibility index (Phi) is 11.8. The molecule has 0 amide bonds. The summed E-state index contributed by atoms with van der Waals surface area (Å²) < 4.78 is 8.23. The molecular weight excluding hydrogens is 132 g/mol. The molecule has 3 heteroatoms. The molecule has 0 saturated heterocycles. The van der Waals surface area contributed by atoms with Crippen molar-refractivity contribution in [3.63, 3.8) is 0 Å². The van der Waals surface area contributed by atoms with E-state index in [-0.39, 0.29) is 0 Å². The molecule has 56 valence electrons. The number of carbonyl (C=O) groups is 1. The highest BCUT2D eigenvalue weighted by molar-refractivity contribution is 5.61. The van der Waals surface area contributed by atoms with Gasteiger partial charge in [0.15, 0.2) is 0 Å². The molecule has 0 aliphatic heterocycles. The summed E-state index contributed by atoms with van der Waals surface area (Å²) in [7, 11) is 0. The number of hydrogen-bond donors (Lipinski definition) is 0. The first-order valence-corrected chi connectivity index (χ1v) is 2.40. The van der Waals surface area contributed by atoms with Gasteiger partial charge in [-0.1, -0.05) is 13.2 Å². The molecule has 0 rings (SSSR count). The van der Waals surface area contributed by atoms with Crippen LogP contribution in [0.1, 0.15) is 0 Å². The largest absolute Gasteiger partial charge is 0.518 e. The minimum atomic E-state index is -0.824. The molecular formula is C7H10O3. The van der Waals surface area contributed by atoms with Gasteiger partial charge in [0.25, 0.3) is 0 Å². The minimum Gasteiger partial charge on any atom is -0.403 e. The lowest BCUT2D eigenvalue weighted by Crippen LogP contribution is -1.96. The number of ether oxygens (including phenoxy) is 2. The van der Waals surface area contributed by atoms with Gasteiger partial charge in [-0.2, -0.15) is 0 Å². The zero-order valence-electron chi connectivity index (χ0n) is 5.71. The summed E-state index contributed by atoms with van der Waals surface area (Å²) in [6, 6.07) is 0. The molecule has 0 unspecified atom stereocenters. The molecule has 0 saturated carbocycles. The van der Waals surface area contributed by atoms with E-state index in [1.807, 2.05) is 0 Å². The van der Waals surface area contributed by atoms with Crippen molar-refractivity contribution < 1.29 is 14.3 Å². The Morgan fingerprint density at radius 2 is 1.40 bits per heavy atom. The van der Waals surface area contributed by atoms with Crippen LogP contribution in [0.15, 0.2) is 38.8 Å². The third-order valence-corrected chi connectivity index (χ3v) is 0.359. The van der Waals surface area contributed by atoms with E-state index in [0.29, 0.717) is 0 Å². The predicted octanol–water partition coefficient (Wildman–Crippen LogP) is 2.23. The van der Waals surface area contributed by atoms with E-state index in [0.717, 1.165) is 12.5 Å². The molecule has 0 N–H and O–H groups in total. The molecule has 10 heavy (non-hydrogen) atoms. The fourth-order valence-electron chi connectivity index (χ4n) is 0.164. The standard InChI is InChI=1S/C5H6O3.C2H4/c1-3-7-5(6)8-4-2;1-2/h3-4H,1-2H2;1-2H2. The summed E-state index contributed by atoms with van der Waals surface area (Å²) in [5, 5.41) is 0. The van der Waals surface area contributed by atoms with Gasteiger partial charge in [-0.05, 0) is 0 Å². The second-order valence-electron chi connectivity index (χ2n) is 0.819. The van der Waals surface area contributed by atoms with Crippen molar-refractivity contribution in [3.8, 4) is 0 Å². The number of rotatable bonds is 2. The molecule has 3 nitrogen and oxygen atoms in total. The van der Waals surface area contributed by atoms with Crippen molar-refractivity contribution in [1.29, 1.82) is 0 Å². The van der Waals surface area contributed by atoms with E-state index in [9.17, 15) is 4.79 Å². The summed E-state index contributed by atoms with van der Waals surface area (Å²) in [5.74, 6) is 0. The Hall–Kier alpha value is -1.51. The topological polar surface area (TPSA) is 35.5 Å². The molecule has 0 spiro atoms. The van der Waals surface area contributed by atoms with Gasteiger partial charge < -0.3 is 9.47 Å². The zero-order chi connectivity index (χ0) is 8.41. The van der Waals surface area contributed by atoms with E-state index in [1.54, 1.807) is 0 Å². The Labute approximate surface area is 60.3 Å². The summed E-state index contributed by atoms with van der Waals surface area (Å²) >= 11 is 0. The highest BCUT2D eigenvalue weighted by Gasteiger charge is 1.93. The van der Waals surface area contributed by atoms with Gasteiger partial charge in [0, 0.05) is 0 Å². The highest BCUT2D eigenvalue weighted by Crippen LogP contribution is 1.83. The van der Waals surface area contributed by atoms with Crippen LogP contribution in [0.2, 0.25) is 0 Å². The fraction of sp³-hybridized carbons (Fsp3) is 0. The van der Waals surface area contributed by atoms with Gasteiger partial charge in [-0.3, -0.25) is 0 Å². The average molecular weight is 142 g/mol. The lowest BCUT2D eigenvalue weighted by molar-refractivity contribution is 0.120. The van der Waals surface area contributed by atoms with Crippen molar-refractivity contribution in [2.24, 2.45) is 0 Å². The van der Waals surface area contributed by atoms with E-state index < -0.39 is 6.16 Å². The average Bonchev–Trinajstić information content (AvgIpc) is 1.93. The second-order valence-corrected chi connectivity index (χ2v) is 0.819. The van der Waals surface area contributed by atoms with Gasteiger partial charge in [-0.15, -0.1) is 13.2 Å². The minimum absolute atomic E-state index is 0.824. The van der Waals surface area contributed by atoms with E-state index >= 15 is 0 Å². The van der Waals surface area contributed by atoms with Crippen molar-refractivity contribution in [2.75, 3.05) is 0 Å². The summed E-state index contributed by atoms with van der Waals surface area (Å²) in [4.78, 5) is 10.1. The third-order valence-electron chi connectivity index (χ3n) is 0.359. The van der Waals surface area contributed by atoms with Crippen LogP contribution in [0.25, 0.3) is 0 Å². The van der Waals surface area contributed by atoms with E-state index in [4.69, 9.17) is 0 Å². The lowest BCUT2D eigenvalue weighted by atomic mass is 11.1. The first-order valence-electron chi connectivity index (χ1n) is 2.40. The maximum atomic E-state index is 10.1. The van der Waals surface area contributed by atoms with Gasteiger partial charge in [-0.25, -0.2) is 4.79 Å². The molecule has 0 aromatic heterocycles. The highest BCUT2D eigenvalue weighted by atomic mass is 16.7. The lowest BCUT2D eigenvalue weighted by Gasteiger charge is -1.91. The quantitative estimate of drug-likeness (QED) is 0.337. The van der Waals surface area contributed by atoms with Gasteiger partial charge in [0.2, 0.25) is 0 Å². The Balaban J connectivity index is 0. The first kappa shape index (κ1) is 11.3. The number of carbonyl (C=O) groups excluding carboxylic acids is 1. The molecule has 0 aromatic carbocycles. The second kappa shape index (κ2) is 10.5. The monoisotopic (exact) mass is 142 g/mol. The maximum Gasteiger partial charge on any atom is 0.518 e. The maximum absolute atomic E-state index is 10.1. The molecule has 0 aromatic rings. The van der Waals surface area contributed by atoms with Crippen LogP contribution in [0.4, 0.5) is 4.79 Å². The van der Waals surface area contributed by atoms with Gasteiger partial charge in [0.05, 0.1) is 12.5 Å². The SMILES string of the molecule is C=C.C=COC(=O)OC=C. The van der Waals surface area contributed by atoms with Gasteiger partial charge in [0.1, 0.15) is 0 Å². The molecule has 0 radical (unpaired) electrons. The summed E-state index contributed by atoms with van der Waals surface area (Å²) in [6.07, 6.45) is 1.13. The number of hydrogen-bond acceptors (Lipinski definition) is 3. The van der Waals surface area contributed by atoms with Gasteiger partial charge >= 0.3 is 6.16 Å². The first-order chi connectivity index (χ1) is 4.81. The molecule has 0 atom stereocenters. The Morgan fingerprint density at radius 3 is 1.60 bits per heavy atom. The molecule has 0 aliphatic rings. The van der Waals surface area contributed by atoms with Crippen LogP contribution >= 0.6 is 0 Å². The fourth-order valence-corrected chi connectivity index (χ4v) is 0.164. The van der Waals surface area contributed by atoms with Crippen LogP contribution in [-0.4, -0.2) is 6.16 Å². The van der Waals surface area contributed by atoms with Crippen LogP contribution in [-0.2, 0) is 9.47 Å². The Morgan fingerprint density at radius 1 is 1.10 bits per heavy atom. The van der Waals surface area contributed by atoms with E-state index in [2.05, 4.69) is 35.8 Å². The van der Waals surface area contributed by atoms with Crippen LogP contribution in [0.5, 0.6) is 0 Å². The molecule has 0 heterocycles. The van der Waals surface area contributed by atoms with Crippen molar-refractivity contribution in [2.45, 2.75) is 0 Å². The normalized spacial score (nSPS) is 6.00. The molecule has 0 bridgehead atoms. The van der Waals surface area contributed by atoms with E-state index in [1.165, 1.54) is 0 Å². The summed E-state index contributed by atoms with van der Waals surface area (Å²) in [6.45, 7) is 12.3. The predicted molar refractivity (Wildman–Crippen MR) is 39.2 cm³/mol. The summed E-state index contributed by atoms with van der Waals surface area (Å²) in [5.41, 5.74) is 0. The van der Waals surface area contributed by atoms with Crippen molar-refractivity contribution >= 4 is 6.16 Å². The Bertz CT molecular complexity index is 106. The van der Waals surface area contributed by atoms with Crippen LogP contribution < -0.4 is 0 Å². The third kappa shape index (κ3) is 9.70. The van der Waals surface area contributed by atoms with Crippen LogP contribution in [0.3, 0.4) is 0 Å².